The van der Waals surface area contributed by atoms with Crippen LogP contribution in [0.2, 0.25) is 0 Å². The maximum absolute atomic E-state index is 13.1. The lowest BCUT2D eigenvalue weighted by Gasteiger charge is -2.26. The van der Waals surface area contributed by atoms with E-state index in [0.29, 0.717) is 18.8 Å². The third-order valence-corrected chi connectivity index (χ3v) is 4.94. The Morgan fingerprint density at radius 3 is 1.82 bits per heavy atom. The smallest absolute Gasteiger partial charge is 0.326 e. The van der Waals surface area contributed by atoms with Gasteiger partial charge in [-0.05, 0) is 30.2 Å². The van der Waals surface area contributed by atoms with Gasteiger partial charge in [-0.1, -0.05) is 78.9 Å². The lowest BCUT2D eigenvalue weighted by atomic mass is 10.1. The summed E-state index contributed by atoms with van der Waals surface area (Å²) in [5.41, 5.74) is 1.94. The molecule has 34 heavy (non-hydrogen) atoms. The summed E-state index contributed by atoms with van der Waals surface area (Å²) in [4.78, 5) is 38.9. The minimum atomic E-state index is -1.00. The Balaban J connectivity index is 1.51. The number of benzene rings is 3. The largest absolute Gasteiger partial charge is 0.484 e. The van der Waals surface area contributed by atoms with E-state index in [1.54, 1.807) is 29.2 Å². The van der Waals surface area contributed by atoms with Gasteiger partial charge in [0.15, 0.2) is 12.7 Å². The first-order valence-corrected chi connectivity index (χ1v) is 11.0. The first kappa shape index (κ1) is 24.5. The van der Waals surface area contributed by atoms with Gasteiger partial charge in [-0.3, -0.25) is 14.4 Å². The third-order valence-electron chi connectivity index (χ3n) is 4.94. The first-order chi connectivity index (χ1) is 16.5. The number of carbonyl (C=O) groups is 3. The minimum absolute atomic E-state index is 0.228. The zero-order valence-corrected chi connectivity index (χ0v) is 19.1. The molecule has 1 unspecified atom stereocenters. The molecule has 0 saturated heterocycles. The molecule has 2 amide bonds. The number of nitrogens with zero attached hydrogens (tertiary/aromatic N) is 1. The van der Waals surface area contributed by atoms with Crippen molar-refractivity contribution in [2.45, 2.75) is 26.1 Å². The van der Waals surface area contributed by atoms with E-state index < -0.39 is 18.0 Å². The number of rotatable bonds is 11. The number of hydrogen-bond donors (Lipinski definition) is 1. The van der Waals surface area contributed by atoms with Crippen molar-refractivity contribution >= 4 is 17.8 Å². The Morgan fingerprint density at radius 2 is 1.29 bits per heavy atom. The highest BCUT2D eigenvalue weighted by Gasteiger charge is 2.24. The molecule has 7 nitrogen and oxygen atoms in total. The quantitative estimate of drug-likeness (QED) is 0.444. The van der Waals surface area contributed by atoms with Crippen LogP contribution in [0.5, 0.6) is 5.75 Å². The fourth-order valence-corrected chi connectivity index (χ4v) is 3.25. The number of para-hydroxylation sites is 1. The number of hydrogen-bond acceptors (Lipinski definition) is 5. The fraction of sp³-hybridized carbons (Fsp3) is 0.222. The number of esters is 1. The van der Waals surface area contributed by atoms with Crippen molar-refractivity contribution in [1.29, 1.82) is 0 Å². The van der Waals surface area contributed by atoms with Crippen LogP contribution < -0.4 is 10.1 Å². The Bertz CT molecular complexity index is 1020. The molecule has 0 heterocycles. The van der Waals surface area contributed by atoms with Gasteiger partial charge < -0.3 is 19.7 Å². The van der Waals surface area contributed by atoms with Gasteiger partial charge in [0.2, 0.25) is 0 Å². The second-order valence-electron chi connectivity index (χ2n) is 7.68. The zero-order valence-electron chi connectivity index (χ0n) is 19.1. The highest BCUT2D eigenvalue weighted by atomic mass is 16.5. The van der Waals surface area contributed by atoms with Gasteiger partial charge in [0, 0.05) is 13.1 Å². The molecular formula is C27H28N2O5. The second-order valence-corrected chi connectivity index (χ2v) is 7.68. The molecule has 0 saturated carbocycles. The maximum Gasteiger partial charge on any atom is 0.326 e. The molecule has 3 aromatic rings. The molecule has 0 radical (unpaired) electrons. The summed E-state index contributed by atoms with van der Waals surface area (Å²) in [6.07, 6.45) is -1.00. The van der Waals surface area contributed by atoms with E-state index in [9.17, 15) is 14.4 Å². The number of amides is 2. The van der Waals surface area contributed by atoms with Crippen molar-refractivity contribution < 1.29 is 23.9 Å². The van der Waals surface area contributed by atoms with Crippen LogP contribution in [-0.4, -0.2) is 41.9 Å². The highest BCUT2D eigenvalue weighted by Crippen LogP contribution is 2.13. The van der Waals surface area contributed by atoms with Gasteiger partial charge in [0.25, 0.3) is 11.8 Å². The molecule has 1 atom stereocenters. The summed E-state index contributed by atoms with van der Waals surface area (Å²) in [6.45, 7) is 1.71. The van der Waals surface area contributed by atoms with E-state index in [0.717, 1.165) is 11.1 Å². The molecule has 1 N–H and O–H groups in total. The van der Waals surface area contributed by atoms with Crippen LogP contribution >= 0.6 is 0 Å². The van der Waals surface area contributed by atoms with Crippen molar-refractivity contribution in [2.75, 3.05) is 13.2 Å². The number of nitrogens with one attached hydrogen (secondary N) is 1. The molecule has 0 aromatic heterocycles. The molecule has 176 valence electrons. The molecular weight excluding hydrogens is 432 g/mol. The van der Waals surface area contributed by atoms with Gasteiger partial charge in [-0.2, -0.15) is 0 Å². The lowest BCUT2D eigenvalue weighted by Crippen LogP contribution is -2.41. The number of carbonyl (C=O) groups excluding carboxylic acids is 3. The average molecular weight is 461 g/mol. The summed E-state index contributed by atoms with van der Waals surface area (Å²) >= 11 is 0. The fourth-order valence-electron chi connectivity index (χ4n) is 3.25. The van der Waals surface area contributed by atoms with E-state index in [4.69, 9.17) is 9.47 Å². The Hall–Kier alpha value is -4.13. The van der Waals surface area contributed by atoms with E-state index in [2.05, 4.69) is 5.32 Å². The van der Waals surface area contributed by atoms with Crippen molar-refractivity contribution in [3.05, 3.63) is 102 Å². The van der Waals surface area contributed by atoms with Crippen LogP contribution in [0.4, 0.5) is 0 Å². The summed E-state index contributed by atoms with van der Waals surface area (Å²) in [5.74, 6) is -0.931. The van der Waals surface area contributed by atoms with E-state index in [-0.39, 0.29) is 19.1 Å². The van der Waals surface area contributed by atoms with Gasteiger partial charge in [0.05, 0.1) is 0 Å². The summed E-state index contributed by atoms with van der Waals surface area (Å²) in [6, 6.07) is 28.1. The Labute approximate surface area is 199 Å². The van der Waals surface area contributed by atoms with Crippen LogP contribution in [0, 0.1) is 0 Å². The van der Waals surface area contributed by atoms with E-state index in [1.807, 2.05) is 66.7 Å². The van der Waals surface area contributed by atoms with Gasteiger partial charge in [-0.15, -0.1) is 0 Å². The lowest BCUT2D eigenvalue weighted by molar-refractivity contribution is -0.159. The molecule has 0 bridgehead atoms. The average Bonchev–Trinajstić information content (AvgIpc) is 2.87. The first-order valence-electron chi connectivity index (χ1n) is 11.0. The second kappa shape index (κ2) is 12.8. The van der Waals surface area contributed by atoms with Crippen molar-refractivity contribution in [3.63, 3.8) is 0 Å². The number of ether oxygens (including phenoxy) is 2. The van der Waals surface area contributed by atoms with Gasteiger partial charge >= 0.3 is 5.97 Å². The Kier molecular flexibility index (Phi) is 9.22. The normalized spacial score (nSPS) is 11.2. The highest BCUT2D eigenvalue weighted by molar-refractivity contribution is 5.86. The Morgan fingerprint density at radius 1 is 0.794 bits per heavy atom. The standard InChI is InChI=1S/C27H28N2O5/c1-21(34-26(31)17-28-25(30)20-33-24-15-9-4-10-16-24)27(32)29(18-22-11-5-2-6-12-22)19-23-13-7-3-8-14-23/h2-16,21H,17-20H2,1H3,(H,28,30). The van der Waals surface area contributed by atoms with Crippen LogP contribution in [0.25, 0.3) is 0 Å². The van der Waals surface area contributed by atoms with Crippen molar-refractivity contribution in [1.82, 2.24) is 10.2 Å². The third kappa shape index (κ3) is 8.09. The van der Waals surface area contributed by atoms with E-state index in [1.165, 1.54) is 6.92 Å². The molecule has 0 aliphatic rings. The topological polar surface area (TPSA) is 84.9 Å². The van der Waals surface area contributed by atoms with Gasteiger partial charge in [-0.25, -0.2) is 0 Å². The van der Waals surface area contributed by atoms with Crippen LogP contribution in [0.3, 0.4) is 0 Å². The predicted octanol–water partition coefficient (Wildman–Crippen LogP) is 3.34. The molecule has 3 rings (SSSR count). The van der Waals surface area contributed by atoms with Crippen molar-refractivity contribution in [2.24, 2.45) is 0 Å². The zero-order chi connectivity index (χ0) is 24.2. The van der Waals surface area contributed by atoms with Crippen molar-refractivity contribution in [3.8, 4) is 5.75 Å². The van der Waals surface area contributed by atoms with Crippen LogP contribution in [0.15, 0.2) is 91.0 Å². The summed E-state index contributed by atoms with van der Waals surface area (Å²) < 4.78 is 10.6. The molecule has 3 aromatic carbocycles. The monoisotopic (exact) mass is 460 g/mol. The summed E-state index contributed by atoms with van der Waals surface area (Å²) in [5, 5.41) is 2.44. The summed E-state index contributed by atoms with van der Waals surface area (Å²) in [7, 11) is 0. The van der Waals surface area contributed by atoms with Gasteiger partial charge in [0.1, 0.15) is 12.3 Å². The minimum Gasteiger partial charge on any atom is -0.484 e. The molecule has 0 spiro atoms. The predicted molar refractivity (Wildman–Crippen MR) is 128 cm³/mol. The maximum atomic E-state index is 13.1. The molecule has 7 heteroatoms. The molecule has 0 aliphatic heterocycles. The molecule has 0 fully saturated rings. The van der Waals surface area contributed by atoms with Crippen LogP contribution in [0.1, 0.15) is 18.1 Å². The van der Waals surface area contributed by atoms with E-state index >= 15 is 0 Å². The van der Waals surface area contributed by atoms with Crippen LogP contribution in [-0.2, 0) is 32.2 Å². The molecule has 0 aliphatic carbocycles. The SMILES string of the molecule is CC(OC(=O)CNC(=O)COc1ccccc1)C(=O)N(Cc1ccccc1)Cc1ccccc1.